The molecule has 1 saturated carbocycles. The molecular formula is C47H34N4O9. The molecule has 296 valence electrons. The lowest BCUT2D eigenvalue weighted by atomic mass is 9.81. The molecule has 4 heterocycles. The molecule has 4 amide bonds. The Labute approximate surface area is 340 Å². The van der Waals surface area contributed by atoms with Gasteiger partial charge in [0.1, 0.15) is 11.5 Å². The highest BCUT2D eigenvalue weighted by molar-refractivity contribution is 6.24. The molecule has 1 aliphatic carbocycles. The number of imide groups is 2. The number of anilines is 2. The number of hydrogen-bond acceptors (Lipinski definition) is 9. The number of benzene rings is 5. The van der Waals surface area contributed by atoms with E-state index in [1.54, 1.807) is 48.5 Å². The summed E-state index contributed by atoms with van der Waals surface area (Å²) in [5, 5.41) is 0.219. The maximum atomic E-state index is 13.9. The van der Waals surface area contributed by atoms with Crippen LogP contribution in [0, 0.1) is 30.6 Å². The minimum atomic E-state index is -0.779. The number of aryl methyl sites for hydroxylation is 1. The number of carbonyl (C=O) groups excluding carboxylic acids is 4. The van der Waals surface area contributed by atoms with Crippen molar-refractivity contribution in [2.24, 2.45) is 30.7 Å². The average Bonchev–Trinajstić information content (AvgIpc) is 3.90. The SMILES string of the molecule is Cc1ccc(Cc2ccc(N3C(=O)CC4C(CC5C(=O)N(c6ccc(Oc7ccc(-n8c(=O)c9cc%10c(=O)n(C)c(=O)c%10cc9c8=O)cc7)cc6)C(=O)C54)C3=O)cc2)cc1. The molecule has 0 spiro atoms. The summed E-state index contributed by atoms with van der Waals surface area (Å²) >= 11 is 0. The van der Waals surface area contributed by atoms with Crippen molar-refractivity contribution in [3.63, 3.8) is 0 Å². The van der Waals surface area contributed by atoms with Gasteiger partial charge in [0.2, 0.25) is 23.6 Å². The number of carbonyl (C=O) groups is 4. The van der Waals surface area contributed by atoms with Crippen molar-refractivity contribution < 1.29 is 23.9 Å². The second-order valence-electron chi connectivity index (χ2n) is 15.9. The Morgan fingerprint density at radius 3 is 1.57 bits per heavy atom. The molecule has 13 nitrogen and oxygen atoms in total. The summed E-state index contributed by atoms with van der Waals surface area (Å²) in [6.45, 7) is 2.03. The molecule has 4 unspecified atom stereocenters. The molecule has 2 aliphatic heterocycles. The summed E-state index contributed by atoms with van der Waals surface area (Å²) in [4.78, 5) is 109. The Morgan fingerprint density at radius 2 is 1.00 bits per heavy atom. The van der Waals surface area contributed by atoms with E-state index >= 15 is 0 Å². The number of fused-ring (bicyclic) bond motifs is 5. The number of nitrogens with zero attached hydrogens (tertiary/aromatic N) is 4. The van der Waals surface area contributed by atoms with Gasteiger partial charge in [0, 0.05) is 19.4 Å². The van der Waals surface area contributed by atoms with Gasteiger partial charge >= 0.3 is 0 Å². The predicted octanol–water partition coefficient (Wildman–Crippen LogP) is 4.84. The van der Waals surface area contributed by atoms with Gasteiger partial charge in [-0.25, -0.2) is 4.57 Å². The maximum absolute atomic E-state index is 13.9. The molecule has 10 rings (SSSR count). The molecule has 3 aliphatic rings. The third-order valence-corrected chi connectivity index (χ3v) is 12.4. The highest BCUT2D eigenvalue weighted by Gasteiger charge is 2.62. The molecule has 5 aromatic carbocycles. The number of piperidine rings is 1. The van der Waals surface area contributed by atoms with Crippen LogP contribution in [0.25, 0.3) is 27.2 Å². The summed E-state index contributed by atoms with van der Waals surface area (Å²) in [5.74, 6) is -3.55. The van der Waals surface area contributed by atoms with Crippen LogP contribution in [0.3, 0.4) is 0 Å². The van der Waals surface area contributed by atoms with Gasteiger partial charge in [-0.15, -0.1) is 0 Å². The van der Waals surface area contributed by atoms with E-state index in [1.165, 1.54) is 41.8 Å². The van der Waals surface area contributed by atoms with Gasteiger partial charge in [-0.05, 0) is 110 Å². The topological polar surface area (TPSA) is 162 Å². The zero-order valence-electron chi connectivity index (χ0n) is 32.3. The van der Waals surface area contributed by atoms with E-state index in [1.807, 2.05) is 19.1 Å². The van der Waals surface area contributed by atoms with Crippen molar-refractivity contribution in [2.45, 2.75) is 26.2 Å². The second-order valence-corrected chi connectivity index (χ2v) is 15.9. The van der Waals surface area contributed by atoms with Crippen LogP contribution in [0.4, 0.5) is 11.4 Å². The lowest BCUT2D eigenvalue weighted by Gasteiger charge is -2.34. The summed E-state index contributed by atoms with van der Waals surface area (Å²) in [6.07, 6.45) is 0.876. The highest BCUT2D eigenvalue weighted by Crippen LogP contribution is 2.52. The lowest BCUT2D eigenvalue weighted by molar-refractivity contribution is -0.135. The van der Waals surface area contributed by atoms with Crippen LogP contribution in [0.2, 0.25) is 0 Å². The van der Waals surface area contributed by atoms with Crippen LogP contribution in [0.15, 0.2) is 128 Å². The van der Waals surface area contributed by atoms with Gasteiger partial charge < -0.3 is 4.74 Å². The maximum Gasteiger partial charge on any atom is 0.266 e. The number of amides is 4. The van der Waals surface area contributed by atoms with E-state index in [9.17, 15) is 38.4 Å². The first-order chi connectivity index (χ1) is 28.9. The minimum absolute atomic E-state index is 0.0180. The summed E-state index contributed by atoms with van der Waals surface area (Å²) in [6, 6.07) is 30.8. The van der Waals surface area contributed by atoms with E-state index in [0.29, 0.717) is 29.3 Å². The first kappa shape index (κ1) is 36.8. The van der Waals surface area contributed by atoms with Crippen molar-refractivity contribution in [3.05, 3.63) is 167 Å². The van der Waals surface area contributed by atoms with Crippen molar-refractivity contribution in [1.82, 2.24) is 9.13 Å². The molecule has 0 radical (unpaired) electrons. The fraction of sp³-hybridized carbons (Fsp3) is 0.191. The summed E-state index contributed by atoms with van der Waals surface area (Å²) in [7, 11) is 1.34. The van der Waals surface area contributed by atoms with Crippen LogP contribution >= 0.6 is 0 Å². The van der Waals surface area contributed by atoms with Crippen LogP contribution < -0.4 is 36.8 Å². The number of rotatable bonds is 7. The van der Waals surface area contributed by atoms with Crippen LogP contribution in [0.1, 0.15) is 29.5 Å². The van der Waals surface area contributed by atoms with Crippen molar-refractivity contribution >= 4 is 56.5 Å². The third-order valence-electron chi connectivity index (χ3n) is 12.4. The Morgan fingerprint density at radius 1 is 0.533 bits per heavy atom. The Kier molecular flexibility index (Phi) is 8.28. The minimum Gasteiger partial charge on any atom is -0.457 e. The molecule has 0 N–H and O–H groups in total. The van der Waals surface area contributed by atoms with Gasteiger partial charge in [-0.1, -0.05) is 42.0 Å². The zero-order chi connectivity index (χ0) is 41.7. The van der Waals surface area contributed by atoms with E-state index in [-0.39, 0.29) is 46.0 Å². The molecule has 4 atom stereocenters. The molecule has 60 heavy (non-hydrogen) atoms. The zero-order valence-corrected chi connectivity index (χ0v) is 32.3. The van der Waals surface area contributed by atoms with Crippen LogP contribution in [-0.2, 0) is 32.6 Å². The van der Waals surface area contributed by atoms with Gasteiger partial charge in [-0.2, -0.15) is 0 Å². The van der Waals surface area contributed by atoms with Gasteiger partial charge in [0.15, 0.2) is 0 Å². The Bertz CT molecular complexity index is 3110. The summed E-state index contributed by atoms with van der Waals surface area (Å²) in [5.41, 5.74) is 2.12. The first-order valence-electron chi connectivity index (χ1n) is 19.5. The Balaban J connectivity index is 0.814. The highest BCUT2D eigenvalue weighted by atomic mass is 16.5. The molecule has 2 aromatic heterocycles. The smallest absolute Gasteiger partial charge is 0.266 e. The van der Waals surface area contributed by atoms with Gasteiger partial charge in [0.05, 0.1) is 50.4 Å². The second kappa shape index (κ2) is 13.5. The van der Waals surface area contributed by atoms with E-state index in [2.05, 4.69) is 24.3 Å². The van der Waals surface area contributed by atoms with E-state index in [0.717, 1.165) is 25.2 Å². The fourth-order valence-corrected chi connectivity index (χ4v) is 9.33. The number of ether oxygens (including phenoxy) is 1. The van der Waals surface area contributed by atoms with Crippen molar-refractivity contribution in [3.8, 4) is 17.2 Å². The Hall–Kier alpha value is -7.54. The van der Waals surface area contributed by atoms with Gasteiger partial charge in [0.25, 0.3) is 22.2 Å². The average molecular weight is 799 g/mol. The number of hydrogen-bond donors (Lipinski definition) is 0. The monoisotopic (exact) mass is 798 g/mol. The largest absolute Gasteiger partial charge is 0.457 e. The fourth-order valence-electron chi connectivity index (χ4n) is 9.33. The van der Waals surface area contributed by atoms with Gasteiger partial charge in [-0.3, -0.25) is 52.7 Å². The molecule has 13 heteroatoms. The lowest BCUT2D eigenvalue weighted by Crippen LogP contribution is -2.50. The van der Waals surface area contributed by atoms with Crippen molar-refractivity contribution in [1.29, 1.82) is 0 Å². The number of aromatic nitrogens is 2. The summed E-state index contributed by atoms with van der Waals surface area (Å²) < 4.78 is 7.90. The first-order valence-corrected chi connectivity index (χ1v) is 19.5. The predicted molar refractivity (Wildman–Crippen MR) is 222 cm³/mol. The molecular weight excluding hydrogens is 765 g/mol. The third kappa shape index (κ3) is 5.60. The molecule has 7 aromatic rings. The standard InChI is InChI=1S/C47H34N4O9/c1-24-3-5-25(6-4-24)19-26-7-9-27(10-8-26)49-39(52)23-32-33(43(49)55)22-38-40(32)47(59)51(46(38)58)29-13-17-31(18-14-29)60-30-15-11-28(12-16-30)50-44(56)36-20-34-35(21-37(36)45(50)57)42(54)48(2)41(34)53/h3-18,20-21,32-33,38,40H,19,22-23H2,1-2H3. The quantitative estimate of drug-likeness (QED) is 0.206. The van der Waals surface area contributed by atoms with Crippen LogP contribution in [0.5, 0.6) is 11.5 Å². The molecule has 0 bridgehead atoms. The van der Waals surface area contributed by atoms with Crippen molar-refractivity contribution in [2.75, 3.05) is 9.80 Å². The van der Waals surface area contributed by atoms with E-state index in [4.69, 9.17) is 4.74 Å². The van der Waals surface area contributed by atoms with Crippen LogP contribution in [-0.4, -0.2) is 32.8 Å². The molecule has 2 saturated heterocycles. The normalized spacial score (nSPS) is 20.1. The van der Waals surface area contributed by atoms with E-state index < -0.39 is 63.6 Å². The molecule has 3 fully saturated rings.